The second kappa shape index (κ2) is 4.38. The highest BCUT2D eigenvalue weighted by Gasteiger charge is 2.36. The first-order valence-electron chi connectivity index (χ1n) is 6.17. The smallest absolute Gasteiger partial charge is 0.258 e. The van der Waals surface area contributed by atoms with E-state index in [0.29, 0.717) is 11.4 Å². The van der Waals surface area contributed by atoms with Crippen molar-refractivity contribution in [3.8, 4) is 11.5 Å². The standard InChI is InChI=1S/C13H13F2N3O/c14-9-4-3-8(7-10(9)15)11-17-12(18-19-11)13(16)5-1-2-6-13/h3-4,7H,1-2,5-6,16H2. The third-order valence-electron chi connectivity index (χ3n) is 3.53. The lowest BCUT2D eigenvalue weighted by Gasteiger charge is -2.17. The van der Waals surface area contributed by atoms with Crippen LogP contribution in [0.3, 0.4) is 0 Å². The lowest BCUT2D eigenvalue weighted by Crippen LogP contribution is -2.34. The van der Waals surface area contributed by atoms with E-state index in [1.807, 2.05) is 0 Å². The maximum absolute atomic E-state index is 13.2. The first-order chi connectivity index (χ1) is 9.08. The van der Waals surface area contributed by atoms with E-state index in [2.05, 4.69) is 10.1 Å². The average Bonchev–Trinajstić information content (AvgIpc) is 3.02. The molecule has 0 amide bonds. The van der Waals surface area contributed by atoms with E-state index in [1.54, 1.807) is 0 Å². The van der Waals surface area contributed by atoms with Crippen molar-refractivity contribution in [3.05, 3.63) is 35.7 Å². The van der Waals surface area contributed by atoms with Gasteiger partial charge in [0.2, 0.25) is 0 Å². The SMILES string of the molecule is NC1(c2noc(-c3ccc(F)c(F)c3)n2)CCCC1. The van der Waals surface area contributed by atoms with Gasteiger partial charge in [0, 0.05) is 5.56 Å². The van der Waals surface area contributed by atoms with Gasteiger partial charge in [-0.15, -0.1) is 0 Å². The van der Waals surface area contributed by atoms with Crippen LogP contribution in [0.2, 0.25) is 0 Å². The number of hydrogen-bond donors (Lipinski definition) is 1. The Morgan fingerprint density at radius 2 is 1.89 bits per heavy atom. The third-order valence-corrected chi connectivity index (χ3v) is 3.53. The second-order valence-corrected chi connectivity index (χ2v) is 4.92. The van der Waals surface area contributed by atoms with E-state index in [0.717, 1.165) is 37.8 Å². The van der Waals surface area contributed by atoms with Crippen molar-refractivity contribution >= 4 is 0 Å². The van der Waals surface area contributed by atoms with Crippen molar-refractivity contribution in [1.82, 2.24) is 10.1 Å². The van der Waals surface area contributed by atoms with E-state index in [-0.39, 0.29) is 5.89 Å². The zero-order chi connectivity index (χ0) is 13.5. The summed E-state index contributed by atoms with van der Waals surface area (Å²) in [6, 6.07) is 3.46. The van der Waals surface area contributed by atoms with Gasteiger partial charge in [-0.2, -0.15) is 4.98 Å². The summed E-state index contributed by atoms with van der Waals surface area (Å²) in [7, 11) is 0. The largest absolute Gasteiger partial charge is 0.334 e. The molecule has 0 saturated heterocycles. The fourth-order valence-electron chi connectivity index (χ4n) is 2.40. The molecule has 1 fully saturated rings. The molecule has 0 unspecified atom stereocenters. The minimum atomic E-state index is -0.944. The van der Waals surface area contributed by atoms with Crippen LogP contribution in [0.1, 0.15) is 31.5 Å². The van der Waals surface area contributed by atoms with Gasteiger partial charge in [-0.1, -0.05) is 18.0 Å². The Labute approximate surface area is 108 Å². The van der Waals surface area contributed by atoms with Crippen molar-refractivity contribution in [2.75, 3.05) is 0 Å². The summed E-state index contributed by atoms with van der Waals surface area (Å²) in [5, 5.41) is 3.87. The molecule has 1 aromatic heterocycles. The molecule has 1 aliphatic rings. The number of hydrogen-bond acceptors (Lipinski definition) is 4. The molecule has 2 aromatic rings. The summed E-state index contributed by atoms with van der Waals surface area (Å²) in [5.41, 5.74) is 6.00. The van der Waals surface area contributed by atoms with Gasteiger partial charge in [-0.25, -0.2) is 8.78 Å². The number of benzene rings is 1. The second-order valence-electron chi connectivity index (χ2n) is 4.92. The lowest BCUT2D eigenvalue weighted by molar-refractivity contribution is 0.372. The molecule has 3 rings (SSSR count). The fraction of sp³-hybridized carbons (Fsp3) is 0.385. The van der Waals surface area contributed by atoms with Gasteiger partial charge in [-0.05, 0) is 31.0 Å². The first-order valence-corrected chi connectivity index (χ1v) is 6.17. The highest BCUT2D eigenvalue weighted by Crippen LogP contribution is 2.35. The number of rotatable bonds is 2. The number of nitrogens with two attached hydrogens (primary N) is 1. The molecule has 1 aliphatic carbocycles. The minimum Gasteiger partial charge on any atom is -0.334 e. The maximum Gasteiger partial charge on any atom is 0.258 e. The van der Waals surface area contributed by atoms with Gasteiger partial charge in [0.25, 0.3) is 5.89 Å². The normalized spacial score (nSPS) is 17.8. The molecule has 1 heterocycles. The van der Waals surface area contributed by atoms with E-state index in [1.165, 1.54) is 6.07 Å². The molecule has 0 bridgehead atoms. The van der Waals surface area contributed by atoms with Crippen molar-refractivity contribution < 1.29 is 13.3 Å². The van der Waals surface area contributed by atoms with Gasteiger partial charge < -0.3 is 10.3 Å². The van der Waals surface area contributed by atoms with E-state index >= 15 is 0 Å². The van der Waals surface area contributed by atoms with E-state index in [4.69, 9.17) is 10.3 Å². The molecule has 0 radical (unpaired) electrons. The van der Waals surface area contributed by atoms with Crippen molar-refractivity contribution in [3.63, 3.8) is 0 Å². The summed E-state index contributed by atoms with van der Waals surface area (Å²) in [6.45, 7) is 0. The summed E-state index contributed by atoms with van der Waals surface area (Å²) in [5.74, 6) is -1.26. The molecule has 1 saturated carbocycles. The summed E-state index contributed by atoms with van der Waals surface area (Å²) >= 11 is 0. The van der Waals surface area contributed by atoms with Crippen LogP contribution in [0.25, 0.3) is 11.5 Å². The Morgan fingerprint density at radius 3 is 2.58 bits per heavy atom. The van der Waals surface area contributed by atoms with Gasteiger partial charge in [-0.3, -0.25) is 0 Å². The summed E-state index contributed by atoms with van der Waals surface area (Å²) in [4.78, 5) is 4.21. The van der Waals surface area contributed by atoms with E-state index in [9.17, 15) is 8.78 Å². The Bertz CT molecular complexity index is 606. The van der Waals surface area contributed by atoms with Gasteiger partial charge in [0.1, 0.15) is 0 Å². The van der Waals surface area contributed by atoms with Gasteiger partial charge in [0.05, 0.1) is 5.54 Å². The third kappa shape index (κ3) is 2.12. The quantitative estimate of drug-likeness (QED) is 0.906. The molecule has 0 aliphatic heterocycles. The topological polar surface area (TPSA) is 64.9 Å². The van der Waals surface area contributed by atoms with Gasteiger partial charge >= 0.3 is 0 Å². The van der Waals surface area contributed by atoms with Crippen LogP contribution >= 0.6 is 0 Å². The van der Waals surface area contributed by atoms with Crippen molar-refractivity contribution in [2.45, 2.75) is 31.2 Å². The molecular weight excluding hydrogens is 252 g/mol. The highest BCUT2D eigenvalue weighted by atomic mass is 19.2. The summed E-state index contributed by atoms with van der Waals surface area (Å²) < 4.78 is 31.1. The maximum atomic E-state index is 13.2. The van der Waals surface area contributed by atoms with Crippen LogP contribution in [0.4, 0.5) is 8.78 Å². The van der Waals surface area contributed by atoms with E-state index < -0.39 is 17.2 Å². The Hall–Kier alpha value is -1.82. The Kier molecular flexibility index (Phi) is 2.82. The van der Waals surface area contributed by atoms with Crippen LogP contribution in [0.5, 0.6) is 0 Å². The number of nitrogens with zero attached hydrogens (tertiary/aromatic N) is 2. The summed E-state index contributed by atoms with van der Waals surface area (Å²) in [6.07, 6.45) is 3.69. The van der Waals surface area contributed by atoms with Crippen molar-refractivity contribution in [1.29, 1.82) is 0 Å². The molecule has 4 nitrogen and oxygen atoms in total. The molecule has 0 spiro atoms. The Morgan fingerprint density at radius 1 is 1.16 bits per heavy atom. The molecule has 2 N–H and O–H groups in total. The Balaban J connectivity index is 1.94. The van der Waals surface area contributed by atoms with Crippen LogP contribution in [0.15, 0.2) is 22.7 Å². The zero-order valence-electron chi connectivity index (χ0n) is 10.2. The van der Waals surface area contributed by atoms with Crippen LogP contribution in [-0.4, -0.2) is 10.1 Å². The molecule has 100 valence electrons. The zero-order valence-corrected chi connectivity index (χ0v) is 10.2. The van der Waals surface area contributed by atoms with Gasteiger partial charge in [0.15, 0.2) is 17.5 Å². The fourth-order valence-corrected chi connectivity index (χ4v) is 2.40. The monoisotopic (exact) mass is 265 g/mol. The highest BCUT2D eigenvalue weighted by molar-refractivity contribution is 5.52. The molecule has 6 heteroatoms. The number of aromatic nitrogens is 2. The predicted molar refractivity (Wildman–Crippen MR) is 64.0 cm³/mol. The molecule has 1 aromatic carbocycles. The molecule has 0 atom stereocenters. The van der Waals surface area contributed by atoms with Crippen LogP contribution in [0, 0.1) is 11.6 Å². The minimum absolute atomic E-state index is 0.158. The lowest BCUT2D eigenvalue weighted by atomic mass is 9.99. The molecule has 19 heavy (non-hydrogen) atoms. The first kappa shape index (κ1) is 12.2. The van der Waals surface area contributed by atoms with Crippen LogP contribution in [-0.2, 0) is 5.54 Å². The molecular formula is C13H13F2N3O. The van der Waals surface area contributed by atoms with Crippen LogP contribution < -0.4 is 5.73 Å². The average molecular weight is 265 g/mol. The number of halogens is 2. The van der Waals surface area contributed by atoms with Crippen molar-refractivity contribution in [2.24, 2.45) is 5.73 Å². The predicted octanol–water partition coefficient (Wildman–Crippen LogP) is 2.74.